The summed E-state index contributed by atoms with van der Waals surface area (Å²) in [6.45, 7) is 4.79. The minimum Gasteiger partial charge on any atom is -0.313 e. The second-order valence-corrected chi connectivity index (χ2v) is 3.72. The quantitative estimate of drug-likeness (QED) is 0.726. The van der Waals surface area contributed by atoms with Crippen LogP contribution in [0.4, 0.5) is 0 Å². The van der Waals surface area contributed by atoms with Gasteiger partial charge in [-0.2, -0.15) is 5.06 Å². The Balaban J connectivity index is 2.44. The molecular formula is C12H19NO. The van der Waals surface area contributed by atoms with Gasteiger partial charge in [0, 0.05) is 12.6 Å². The van der Waals surface area contributed by atoms with Gasteiger partial charge in [-0.05, 0) is 18.9 Å². The molecule has 0 aliphatic rings. The molecule has 0 saturated carbocycles. The molecule has 0 fully saturated rings. The zero-order chi connectivity index (χ0) is 10.4. The van der Waals surface area contributed by atoms with Crippen LogP contribution >= 0.6 is 0 Å². The smallest absolute Gasteiger partial charge is 0.0491 e. The molecule has 2 nitrogen and oxygen atoms in total. The van der Waals surface area contributed by atoms with E-state index in [0.29, 0.717) is 6.54 Å². The second-order valence-electron chi connectivity index (χ2n) is 3.72. The molecule has 14 heavy (non-hydrogen) atoms. The van der Waals surface area contributed by atoms with Crippen LogP contribution in [0.3, 0.4) is 0 Å². The monoisotopic (exact) mass is 193 g/mol. The van der Waals surface area contributed by atoms with Gasteiger partial charge in [-0.1, -0.05) is 43.7 Å². The zero-order valence-corrected chi connectivity index (χ0v) is 8.98. The number of rotatable bonds is 5. The maximum absolute atomic E-state index is 9.74. The lowest BCUT2D eigenvalue weighted by Gasteiger charge is -2.21. The number of hydrogen-bond donors (Lipinski definition) is 1. The number of hydroxylamine groups is 2. The highest BCUT2D eigenvalue weighted by molar-refractivity contribution is 5.14. The van der Waals surface area contributed by atoms with Crippen molar-refractivity contribution in [3.05, 3.63) is 35.9 Å². The average Bonchev–Trinajstić information content (AvgIpc) is 2.19. The molecule has 78 valence electrons. The summed E-state index contributed by atoms with van der Waals surface area (Å²) in [4.78, 5) is 0. The Labute approximate surface area is 86.1 Å². The molecule has 1 aromatic carbocycles. The van der Waals surface area contributed by atoms with Crippen molar-refractivity contribution in [3.63, 3.8) is 0 Å². The van der Waals surface area contributed by atoms with Crippen molar-refractivity contribution in [3.8, 4) is 0 Å². The summed E-state index contributed by atoms with van der Waals surface area (Å²) in [6.07, 6.45) is 2.14. The largest absolute Gasteiger partial charge is 0.313 e. The van der Waals surface area contributed by atoms with E-state index in [1.807, 2.05) is 37.3 Å². The lowest BCUT2D eigenvalue weighted by Crippen LogP contribution is -2.28. The average molecular weight is 193 g/mol. The third kappa shape index (κ3) is 3.48. The number of nitrogens with zero attached hydrogens (tertiary/aromatic N) is 1. The van der Waals surface area contributed by atoms with Crippen LogP contribution < -0.4 is 0 Å². The summed E-state index contributed by atoms with van der Waals surface area (Å²) in [5.41, 5.74) is 1.15. The molecule has 1 N–H and O–H groups in total. The molecule has 1 unspecified atom stereocenters. The third-order valence-electron chi connectivity index (χ3n) is 2.40. The Kier molecular flexibility index (Phi) is 4.63. The van der Waals surface area contributed by atoms with Crippen LogP contribution in [0.1, 0.15) is 32.3 Å². The molecule has 0 saturated heterocycles. The van der Waals surface area contributed by atoms with E-state index in [0.717, 1.165) is 18.4 Å². The second kappa shape index (κ2) is 5.78. The normalized spacial score (nSPS) is 13.1. The van der Waals surface area contributed by atoms with E-state index in [1.165, 1.54) is 5.06 Å². The molecule has 0 aliphatic carbocycles. The van der Waals surface area contributed by atoms with Crippen LogP contribution in [0.5, 0.6) is 0 Å². The predicted molar refractivity (Wildman–Crippen MR) is 58.1 cm³/mol. The highest BCUT2D eigenvalue weighted by atomic mass is 16.5. The third-order valence-corrected chi connectivity index (χ3v) is 2.40. The molecule has 0 aliphatic heterocycles. The summed E-state index contributed by atoms with van der Waals surface area (Å²) in [5, 5.41) is 11.2. The molecule has 0 bridgehead atoms. The topological polar surface area (TPSA) is 23.5 Å². The van der Waals surface area contributed by atoms with Gasteiger partial charge in [-0.25, -0.2) is 0 Å². The van der Waals surface area contributed by atoms with Crippen LogP contribution in [0.25, 0.3) is 0 Å². The minimum absolute atomic E-state index is 0.236. The predicted octanol–water partition coefficient (Wildman–Crippen LogP) is 3.07. The van der Waals surface area contributed by atoms with Crippen LogP contribution in [-0.2, 0) is 6.54 Å². The van der Waals surface area contributed by atoms with Crippen molar-refractivity contribution in [2.45, 2.75) is 39.3 Å². The van der Waals surface area contributed by atoms with Crippen LogP contribution in [0.2, 0.25) is 0 Å². The summed E-state index contributed by atoms with van der Waals surface area (Å²) in [5.74, 6) is 0. The van der Waals surface area contributed by atoms with E-state index in [1.54, 1.807) is 0 Å². The first-order valence-corrected chi connectivity index (χ1v) is 5.23. The molecule has 0 aromatic heterocycles. The minimum atomic E-state index is 0.236. The molecule has 0 amide bonds. The Hall–Kier alpha value is -0.860. The van der Waals surface area contributed by atoms with E-state index in [9.17, 15) is 5.21 Å². The number of hydrogen-bond acceptors (Lipinski definition) is 2. The number of benzene rings is 1. The Morgan fingerprint density at radius 1 is 1.29 bits per heavy atom. The van der Waals surface area contributed by atoms with Gasteiger partial charge in [0.05, 0.1) is 0 Å². The first-order valence-electron chi connectivity index (χ1n) is 5.23. The van der Waals surface area contributed by atoms with Gasteiger partial charge in [0.15, 0.2) is 0 Å². The lowest BCUT2D eigenvalue weighted by atomic mass is 10.1. The van der Waals surface area contributed by atoms with Crippen LogP contribution in [-0.4, -0.2) is 16.3 Å². The SMILES string of the molecule is CCCC(C)N(O)Cc1ccccc1. The highest BCUT2D eigenvalue weighted by Crippen LogP contribution is 2.08. The maximum atomic E-state index is 9.74. The summed E-state index contributed by atoms with van der Waals surface area (Å²) < 4.78 is 0. The summed E-state index contributed by atoms with van der Waals surface area (Å²) in [6, 6.07) is 10.3. The Bertz CT molecular complexity index is 248. The maximum Gasteiger partial charge on any atom is 0.0491 e. The standard InChI is InChI=1S/C12H19NO/c1-3-7-11(2)13(14)10-12-8-5-4-6-9-12/h4-6,8-9,11,14H,3,7,10H2,1-2H3. The Morgan fingerprint density at radius 3 is 2.50 bits per heavy atom. The van der Waals surface area contributed by atoms with Crippen molar-refractivity contribution in [2.24, 2.45) is 0 Å². The first-order chi connectivity index (χ1) is 6.74. The molecule has 0 spiro atoms. The first kappa shape index (κ1) is 11.2. The highest BCUT2D eigenvalue weighted by Gasteiger charge is 2.09. The van der Waals surface area contributed by atoms with Gasteiger partial charge >= 0.3 is 0 Å². The van der Waals surface area contributed by atoms with Gasteiger partial charge in [0.2, 0.25) is 0 Å². The van der Waals surface area contributed by atoms with E-state index in [4.69, 9.17) is 0 Å². The van der Waals surface area contributed by atoms with Crippen LogP contribution in [0.15, 0.2) is 30.3 Å². The lowest BCUT2D eigenvalue weighted by molar-refractivity contribution is -0.132. The van der Waals surface area contributed by atoms with Gasteiger partial charge in [0.25, 0.3) is 0 Å². The molecule has 0 radical (unpaired) electrons. The molecule has 2 heteroatoms. The molecule has 1 aromatic rings. The zero-order valence-electron chi connectivity index (χ0n) is 8.98. The van der Waals surface area contributed by atoms with E-state index >= 15 is 0 Å². The summed E-state index contributed by atoms with van der Waals surface area (Å²) >= 11 is 0. The van der Waals surface area contributed by atoms with Crippen LogP contribution in [0, 0.1) is 0 Å². The fraction of sp³-hybridized carbons (Fsp3) is 0.500. The van der Waals surface area contributed by atoms with E-state index < -0.39 is 0 Å². The summed E-state index contributed by atoms with van der Waals surface area (Å²) in [7, 11) is 0. The van der Waals surface area contributed by atoms with E-state index in [-0.39, 0.29) is 6.04 Å². The van der Waals surface area contributed by atoms with Crippen molar-refractivity contribution in [1.29, 1.82) is 0 Å². The molecular weight excluding hydrogens is 174 g/mol. The van der Waals surface area contributed by atoms with Crippen molar-refractivity contribution in [2.75, 3.05) is 0 Å². The van der Waals surface area contributed by atoms with Crippen molar-refractivity contribution in [1.82, 2.24) is 5.06 Å². The molecule has 1 atom stereocenters. The van der Waals surface area contributed by atoms with Crippen molar-refractivity contribution >= 4 is 0 Å². The van der Waals surface area contributed by atoms with Crippen molar-refractivity contribution < 1.29 is 5.21 Å². The van der Waals surface area contributed by atoms with Gasteiger partial charge in [-0.3, -0.25) is 0 Å². The Morgan fingerprint density at radius 2 is 1.93 bits per heavy atom. The van der Waals surface area contributed by atoms with Gasteiger partial charge in [0.1, 0.15) is 0 Å². The fourth-order valence-electron chi connectivity index (χ4n) is 1.49. The molecule has 0 heterocycles. The van der Waals surface area contributed by atoms with Gasteiger partial charge in [-0.15, -0.1) is 0 Å². The van der Waals surface area contributed by atoms with Gasteiger partial charge < -0.3 is 5.21 Å². The van der Waals surface area contributed by atoms with E-state index in [2.05, 4.69) is 6.92 Å². The molecule has 1 rings (SSSR count). The fourth-order valence-corrected chi connectivity index (χ4v) is 1.49.